The van der Waals surface area contributed by atoms with E-state index in [1.54, 1.807) is 7.11 Å². The normalized spacial score (nSPS) is 19.3. The second-order valence-electron chi connectivity index (χ2n) is 4.72. The molecule has 1 aliphatic rings. The number of para-hydroxylation sites is 1. The van der Waals surface area contributed by atoms with Crippen LogP contribution in [0.5, 0.6) is 5.75 Å². The van der Waals surface area contributed by atoms with E-state index in [0.29, 0.717) is 5.92 Å². The first-order valence-corrected chi connectivity index (χ1v) is 6.22. The minimum Gasteiger partial charge on any atom is -0.495 e. The maximum absolute atomic E-state index is 5.89. The monoisotopic (exact) mass is 230 g/mol. The first-order valence-electron chi connectivity index (χ1n) is 6.22. The van der Waals surface area contributed by atoms with Crippen molar-refractivity contribution in [2.24, 2.45) is 5.73 Å². The molecule has 1 aromatic carbocycles. The van der Waals surface area contributed by atoms with Gasteiger partial charge in [-0.05, 0) is 43.4 Å². The number of fused-ring (bicyclic) bond motifs is 3. The Labute approximate surface area is 101 Å². The van der Waals surface area contributed by atoms with Gasteiger partial charge in [-0.15, -0.1) is 0 Å². The van der Waals surface area contributed by atoms with Crippen molar-refractivity contribution in [2.45, 2.75) is 25.2 Å². The van der Waals surface area contributed by atoms with E-state index < -0.39 is 0 Å². The molecule has 1 aliphatic carbocycles. The molecule has 3 nitrogen and oxygen atoms in total. The van der Waals surface area contributed by atoms with Gasteiger partial charge in [0.25, 0.3) is 0 Å². The first-order chi connectivity index (χ1) is 8.35. The van der Waals surface area contributed by atoms with Crippen LogP contribution < -0.4 is 10.5 Å². The molecule has 0 bridgehead atoms. The summed E-state index contributed by atoms with van der Waals surface area (Å²) < 4.78 is 5.41. The Bertz CT molecular complexity index is 544. The van der Waals surface area contributed by atoms with E-state index in [9.17, 15) is 0 Å². The number of nitrogens with one attached hydrogen (secondary N) is 1. The van der Waals surface area contributed by atoms with Gasteiger partial charge in [-0.25, -0.2) is 0 Å². The van der Waals surface area contributed by atoms with Crippen molar-refractivity contribution in [3.8, 4) is 5.75 Å². The summed E-state index contributed by atoms with van der Waals surface area (Å²) in [4.78, 5) is 3.52. The van der Waals surface area contributed by atoms with Gasteiger partial charge < -0.3 is 15.5 Å². The number of hydrogen-bond acceptors (Lipinski definition) is 2. The zero-order valence-electron chi connectivity index (χ0n) is 10.1. The molecule has 0 aliphatic heterocycles. The molecule has 0 amide bonds. The van der Waals surface area contributed by atoms with Crippen LogP contribution in [0.25, 0.3) is 10.9 Å². The van der Waals surface area contributed by atoms with Gasteiger partial charge >= 0.3 is 0 Å². The van der Waals surface area contributed by atoms with E-state index in [0.717, 1.165) is 24.2 Å². The molecular weight excluding hydrogens is 212 g/mol. The van der Waals surface area contributed by atoms with Crippen molar-refractivity contribution in [3.05, 3.63) is 29.5 Å². The Morgan fingerprint density at radius 3 is 3.12 bits per heavy atom. The zero-order chi connectivity index (χ0) is 11.8. The van der Waals surface area contributed by atoms with Crippen LogP contribution in [0.3, 0.4) is 0 Å². The highest BCUT2D eigenvalue weighted by atomic mass is 16.5. The molecule has 3 heteroatoms. The smallest absolute Gasteiger partial charge is 0.142 e. The molecule has 17 heavy (non-hydrogen) atoms. The van der Waals surface area contributed by atoms with Crippen LogP contribution in [-0.2, 0) is 6.42 Å². The third-order valence-corrected chi connectivity index (χ3v) is 3.81. The summed E-state index contributed by atoms with van der Waals surface area (Å²) in [5, 5.41) is 1.29. The molecule has 1 atom stereocenters. The van der Waals surface area contributed by atoms with Gasteiger partial charge in [-0.3, -0.25) is 0 Å². The van der Waals surface area contributed by atoms with Crippen LogP contribution in [0.1, 0.15) is 30.0 Å². The molecule has 3 N–H and O–H groups in total. The van der Waals surface area contributed by atoms with Crippen molar-refractivity contribution in [1.29, 1.82) is 0 Å². The third kappa shape index (κ3) is 1.53. The summed E-state index contributed by atoms with van der Waals surface area (Å²) in [6.07, 6.45) is 3.56. The van der Waals surface area contributed by atoms with E-state index in [1.165, 1.54) is 29.5 Å². The van der Waals surface area contributed by atoms with Crippen LogP contribution in [-0.4, -0.2) is 18.6 Å². The summed E-state index contributed by atoms with van der Waals surface area (Å²) in [6, 6.07) is 6.22. The van der Waals surface area contributed by atoms with E-state index >= 15 is 0 Å². The number of H-pyrrole nitrogens is 1. The average molecular weight is 230 g/mol. The van der Waals surface area contributed by atoms with Gasteiger partial charge in [0.1, 0.15) is 5.75 Å². The van der Waals surface area contributed by atoms with Gasteiger partial charge in [0.05, 0.1) is 12.6 Å². The Morgan fingerprint density at radius 1 is 1.47 bits per heavy atom. The molecule has 0 fully saturated rings. The largest absolute Gasteiger partial charge is 0.495 e. The first kappa shape index (κ1) is 10.7. The summed E-state index contributed by atoms with van der Waals surface area (Å²) in [7, 11) is 1.72. The van der Waals surface area contributed by atoms with Crippen molar-refractivity contribution in [1.82, 2.24) is 4.98 Å². The van der Waals surface area contributed by atoms with E-state index in [2.05, 4.69) is 17.1 Å². The Kier molecular flexibility index (Phi) is 2.56. The van der Waals surface area contributed by atoms with Crippen LogP contribution in [0.2, 0.25) is 0 Å². The summed E-state index contributed by atoms with van der Waals surface area (Å²) in [5.74, 6) is 1.42. The fourth-order valence-corrected chi connectivity index (χ4v) is 3.00. The number of benzene rings is 1. The molecule has 2 aromatic rings. The van der Waals surface area contributed by atoms with Gasteiger partial charge in [0.15, 0.2) is 0 Å². The lowest BCUT2D eigenvalue weighted by atomic mass is 9.85. The minimum atomic E-state index is 0.500. The molecule has 1 heterocycles. The number of methoxy groups -OCH3 is 1. The van der Waals surface area contributed by atoms with Gasteiger partial charge in [-0.1, -0.05) is 12.1 Å². The second-order valence-corrected chi connectivity index (χ2v) is 4.72. The average Bonchev–Trinajstić information content (AvgIpc) is 2.76. The maximum Gasteiger partial charge on any atom is 0.142 e. The van der Waals surface area contributed by atoms with Crippen molar-refractivity contribution >= 4 is 10.9 Å². The number of aryl methyl sites for hydroxylation is 1. The number of aromatic nitrogens is 1. The SMILES string of the molecule is COc1cccc2c3c([nH]c12)CCCC3CN. The van der Waals surface area contributed by atoms with E-state index in [1.807, 2.05) is 6.07 Å². The maximum atomic E-state index is 5.89. The molecule has 0 spiro atoms. The van der Waals surface area contributed by atoms with Crippen LogP contribution in [0.15, 0.2) is 18.2 Å². The lowest BCUT2D eigenvalue weighted by molar-refractivity contribution is 0.419. The molecule has 90 valence electrons. The molecular formula is C14H18N2O. The second kappa shape index (κ2) is 4.08. The number of ether oxygens (including phenoxy) is 1. The van der Waals surface area contributed by atoms with Crippen molar-refractivity contribution in [2.75, 3.05) is 13.7 Å². The highest BCUT2D eigenvalue weighted by Crippen LogP contribution is 2.39. The minimum absolute atomic E-state index is 0.500. The fraction of sp³-hybridized carbons (Fsp3) is 0.429. The lowest BCUT2D eigenvalue weighted by Crippen LogP contribution is -2.17. The standard InChI is InChI=1S/C14H18N2O/c1-17-12-7-3-5-10-13-9(8-15)4-2-6-11(13)16-14(10)12/h3,5,7,9,16H,2,4,6,8,15H2,1H3. The van der Waals surface area contributed by atoms with Crippen LogP contribution >= 0.6 is 0 Å². The molecule has 1 unspecified atom stereocenters. The fourth-order valence-electron chi connectivity index (χ4n) is 3.00. The summed E-state index contributed by atoms with van der Waals surface area (Å²) in [5.41, 5.74) is 9.80. The number of hydrogen-bond donors (Lipinski definition) is 2. The highest BCUT2D eigenvalue weighted by molar-refractivity contribution is 5.90. The lowest BCUT2D eigenvalue weighted by Gasteiger charge is -2.21. The van der Waals surface area contributed by atoms with Gasteiger partial charge in [-0.2, -0.15) is 0 Å². The zero-order valence-corrected chi connectivity index (χ0v) is 10.1. The molecule has 0 saturated carbocycles. The molecule has 0 saturated heterocycles. The van der Waals surface area contributed by atoms with E-state index in [-0.39, 0.29) is 0 Å². The summed E-state index contributed by atoms with van der Waals surface area (Å²) >= 11 is 0. The number of aromatic amines is 1. The highest BCUT2D eigenvalue weighted by Gasteiger charge is 2.24. The predicted molar refractivity (Wildman–Crippen MR) is 69.6 cm³/mol. The Morgan fingerprint density at radius 2 is 2.35 bits per heavy atom. The predicted octanol–water partition coefficient (Wildman–Crippen LogP) is 2.56. The quantitative estimate of drug-likeness (QED) is 0.833. The molecule has 0 radical (unpaired) electrons. The Balaban J connectivity index is 2.27. The number of rotatable bonds is 2. The van der Waals surface area contributed by atoms with Crippen LogP contribution in [0.4, 0.5) is 0 Å². The molecule has 3 rings (SSSR count). The van der Waals surface area contributed by atoms with Crippen molar-refractivity contribution in [3.63, 3.8) is 0 Å². The number of nitrogens with two attached hydrogens (primary N) is 1. The van der Waals surface area contributed by atoms with Crippen molar-refractivity contribution < 1.29 is 4.74 Å². The third-order valence-electron chi connectivity index (χ3n) is 3.81. The summed E-state index contributed by atoms with van der Waals surface area (Å²) in [6.45, 7) is 0.733. The molecule has 1 aromatic heterocycles. The van der Waals surface area contributed by atoms with Gasteiger partial charge in [0.2, 0.25) is 0 Å². The van der Waals surface area contributed by atoms with Gasteiger partial charge in [0, 0.05) is 11.1 Å². The topological polar surface area (TPSA) is 51.0 Å². The van der Waals surface area contributed by atoms with E-state index in [4.69, 9.17) is 10.5 Å². The van der Waals surface area contributed by atoms with Crippen LogP contribution in [0, 0.1) is 0 Å². The Hall–Kier alpha value is -1.48.